The van der Waals surface area contributed by atoms with E-state index < -0.39 is 0 Å². The molecule has 0 unspecified atom stereocenters. The SMILES string of the molecule is Cc1cc(I)ccc1NC(=O)[C@@H]1CC[C@H](CN)O1. The zero-order valence-electron chi connectivity index (χ0n) is 10.3. The van der Waals surface area contributed by atoms with Gasteiger partial charge in [0.1, 0.15) is 6.10 Å². The molecule has 3 N–H and O–H groups in total. The first-order chi connectivity index (χ1) is 8.60. The molecular formula is C13H17IN2O2. The van der Waals surface area contributed by atoms with Gasteiger partial charge in [0.05, 0.1) is 6.10 Å². The fraction of sp³-hybridized carbons (Fsp3) is 0.462. The number of anilines is 1. The summed E-state index contributed by atoms with van der Waals surface area (Å²) in [5.74, 6) is -0.0738. The van der Waals surface area contributed by atoms with E-state index in [-0.39, 0.29) is 18.1 Å². The molecule has 2 atom stereocenters. The number of ether oxygens (including phenoxy) is 1. The van der Waals surface area contributed by atoms with Crippen molar-refractivity contribution in [1.82, 2.24) is 0 Å². The van der Waals surface area contributed by atoms with Crippen molar-refractivity contribution < 1.29 is 9.53 Å². The lowest BCUT2D eigenvalue weighted by Gasteiger charge is -2.14. The van der Waals surface area contributed by atoms with Gasteiger partial charge in [0.2, 0.25) is 0 Å². The van der Waals surface area contributed by atoms with Crippen LogP contribution in [0.3, 0.4) is 0 Å². The number of benzene rings is 1. The molecule has 5 heteroatoms. The molecule has 18 heavy (non-hydrogen) atoms. The van der Waals surface area contributed by atoms with Crippen molar-refractivity contribution in [2.45, 2.75) is 32.0 Å². The Labute approximate surface area is 120 Å². The minimum absolute atomic E-state index is 0.0265. The lowest BCUT2D eigenvalue weighted by Crippen LogP contribution is -2.30. The number of aryl methyl sites for hydroxylation is 1. The number of carbonyl (C=O) groups excluding carboxylic acids is 1. The maximum atomic E-state index is 12.0. The van der Waals surface area contributed by atoms with Crippen LogP contribution in [-0.4, -0.2) is 24.7 Å². The van der Waals surface area contributed by atoms with Gasteiger partial charge < -0.3 is 15.8 Å². The van der Waals surface area contributed by atoms with Crippen LogP contribution in [0.15, 0.2) is 18.2 Å². The third kappa shape index (κ3) is 3.21. The molecule has 1 fully saturated rings. The Morgan fingerprint density at radius 2 is 2.33 bits per heavy atom. The van der Waals surface area contributed by atoms with Gasteiger partial charge in [-0.2, -0.15) is 0 Å². The molecule has 0 aromatic heterocycles. The molecule has 1 aliphatic heterocycles. The average molecular weight is 360 g/mol. The van der Waals surface area contributed by atoms with Crippen molar-refractivity contribution in [2.24, 2.45) is 5.73 Å². The summed E-state index contributed by atoms with van der Waals surface area (Å²) < 4.78 is 6.73. The molecule has 0 spiro atoms. The second kappa shape index (κ2) is 5.99. The van der Waals surface area contributed by atoms with E-state index in [4.69, 9.17) is 10.5 Å². The lowest BCUT2D eigenvalue weighted by atomic mass is 10.1. The Morgan fingerprint density at radius 3 is 2.94 bits per heavy atom. The van der Waals surface area contributed by atoms with Gasteiger partial charge in [-0.05, 0) is 66.1 Å². The first-order valence-corrected chi connectivity index (χ1v) is 7.10. The van der Waals surface area contributed by atoms with E-state index in [0.717, 1.165) is 27.7 Å². The number of carbonyl (C=O) groups is 1. The Kier molecular flexibility index (Phi) is 4.58. The van der Waals surface area contributed by atoms with Gasteiger partial charge in [-0.15, -0.1) is 0 Å². The Hall–Kier alpha value is -0.660. The van der Waals surface area contributed by atoms with Gasteiger partial charge in [-0.3, -0.25) is 4.79 Å². The van der Waals surface area contributed by atoms with Crippen LogP contribution < -0.4 is 11.1 Å². The van der Waals surface area contributed by atoms with E-state index in [1.54, 1.807) is 0 Å². The van der Waals surface area contributed by atoms with E-state index in [1.165, 1.54) is 0 Å². The van der Waals surface area contributed by atoms with E-state index in [9.17, 15) is 4.79 Å². The van der Waals surface area contributed by atoms with Crippen molar-refractivity contribution >= 4 is 34.2 Å². The topological polar surface area (TPSA) is 64.4 Å². The van der Waals surface area contributed by atoms with E-state index in [2.05, 4.69) is 27.9 Å². The van der Waals surface area contributed by atoms with Crippen LogP contribution in [-0.2, 0) is 9.53 Å². The summed E-state index contributed by atoms with van der Waals surface area (Å²) in [5.41, 5.74) is 7.44. The average Bonchev–Trinajstić information content (AvgIpc) is 2.81. The van der Waals surface area contributed by atoms with Crippen molar-refractivity contribution in [2.75, 3.05) is 11.9 Å². The van der Waals surface area contributed by atoms with Crippen molar-refractivity contribution in [3.05, 3.63) is 27.3 Å². The normalized spacial score (nSPS) is 23.1. The molecule has 98 valence electrons. The first-order valence-electron chi connectivity index (χ1n) is 6.02. The van der Waals surface area contributed by atoms with Crippen LogP contribution in [0.4, 0.5) is 5.69 Å². The number of amides is 1. The molecule has 1 aromatic rings. The largest absolute Gasteiger partial charge is 0.364 e. The third-order valence-electron chi connectivity index (χ3n) is 3.11. The van der Waals surface area contributed by atoms with Crippen LogP contribution in [0.2, 0.25) is 0 Å². The van der Waals surface area contributed by atoms with Gasteiger partial charge in [0, 0.05) is 15.8 Å². The minimum Gasteiger partial charge on any atom is -0.364 e. The summed E-state index contributed by atoms with van der Waals surface area (Å²) >= 11 is 2.25. The predicted octanol–water partition coefficient (Wildman–Crippen LogP) is 2.04. The summed E-state index contributed by atoms with van der Waals surface area (Å²) in [6.07, 6.45) is 1.27. The second-order valence-electron chi connectivity index (χ2n) is 4.51. The smallest absolute Gasteiger partial charge is 0.253 e. The quantitative estimate of drug-likeness (QED) is 0.811. The zero-order valence-corrected chi connectivity index (χ0v) is 12.4. The fourth-order valence-electron chi connectivity index (χ4n) is 2.05. The molecule has 0 aliphatic carbocycles. The van der Waals surface area contributed by atoms with Gasteiger partial charge in [-0.1, -0.05) is 0 Å². The molecule has 1 aliphatic rings. The highest BCUT2D eigenvalue weighted by Crippen LogP contribution is 2.22. The minimum atomic E-state index is -0.364. The summed E-state index contributed by atoms with van der Waals surface area (Å²) in [7, 11) is 0. The van der Waals surface area contributed by atoms with Crippen LogP contribution in [0.25, 0.3) is 0 Å². The van der Waals surface area contributed by atoms with Crippen LogP contribution >= 0.6 is 22.6 Å². The molecule has 4 nitrogen and oxygen atoms in total. The Bertz CT molecular complexity index is 451. The number of nitrogens with two attached hydrogens (primary N) is 1. The van der Waals surface area contributed by atoms with Crippen LogP contribution in [0, 0.1) is 10.5 Å². The monoisotopic (exact) mass is 360 g/mol. The molecule has 0 radical (unpaired) electrons. The molecule has 0 bridgehead atoms. The summed E-state index contributed by atoms with van der Waals surface area (Å²) in [5, 5.41) is 2.92. The maximum Gasteiger partial charge on any atom is 0.253 e. The highest BCUT2D eigenvalue weighted by atomic mass is 127. The maximum absolute atomic E-state index is 12.0. The molecule has 1 heterocycles. The molecule has 1 aromatic carbocycles. The van der Waals surface area contributed by atoms with Gasteiger partial charge in [0.15, 0.2) is 0 Å². The lowest BCUT2D eigenvalue weighted by molar-refractivity contribution is -0.126. The summed E-state index contributed by atoms with van der Waals surface area (Å²) in [6.45, 7) is 2.46. The van der Waals surface area contributed by atoms with Crippen LogP contribution in [0.5, 0.6) is 0 Å². The van der Waals surface area contributed by atoms with Gasteiger partial charge in [0.25, 0.3) is 5.91 Å². The third-order valence-corrected chi connectivity index (χ3v) is 3.78. The highest BCUT2D eigenvalue weighted by Gasteiger charge is 2.29. The highest BCUT2D eigenvalue weighted by molar-refractivity contribution is 14.1. The number of hydrogen-bond acceptors (Lipinski definition) is 3. The van der Waals surface area contributed by atoms with Gasteiger partial charge in [-0.25, -0.2) is 0 Å². The number of halogens is 1. The van der Waals surface area contributed by atoms with E-state index >= 15 is 0 Å². The first kappa shape index (κ1) is 13.8. The summed E-state index contributed by atoms with van der Waals surface area (Å²) in [6, 6.07) is 5.93. The molecule has 1 saturated heterocycles. The molecular weight excluding hydrogens is 343 g/mol. The van der Waals surface area contributed by atoms with Gasteiger partial charge >= 0.3 is 0 Å². The molecule has 1 amide bonds. The van der Waals surface area contributed by atoms with E-state index in [0.29, 0.717) is 6.54 Å². The number of rotatable bonds is 3. The Morgan fingerprint density at radius 1 is 1.56 bits per heavy atom. The van der Waals surface area contributed by atoms with Crippen molar-refractivity contribution in [3.8, 4) is 0 Å². The second-order valence-corrected chi connectivity index (χ2v) is 5.75. The molecule has 2 rings (SSSR count). The molecule has 0 saturated carbocycles. The van der Waals surface area contributed by atoms with Crippen LogP contribution in [0.1, 0.15) is 18.4 Å². The standard InChI is InChI=1S/C13H17IN2O2/c1-8-6-9(14)2-4-11(8)16-13(17)12-5-3-10(7-15)18-12/h2,4,6,10,12H,3,5,7,15H2,1H3,(H,16,17)/t10-,12+/m1/s1. The van der Waals surface area contributed by atoms with Crippen molar-refractivity contribution in [3.63, 3.8) is 0 Å². The zero-order chi connectivity index (χ0) is 13.1. The van der Waals surface area contributed by atoms with E-state index in [1.807, 2.05) is 25.1 Å². The Balaban J connectivity index is 1.99. The van der Waals surface area contributed by atoms with Crippen molar-refractivity contribution in [1.29, 1.82) is 0 Å². The predicted molar refractivity (Wildman–Crippen MR) is 79.5 cm³/mol. The summed E-state index contributed by atoms with van der Waals surface area (Å²) in [4.78, 5) is 12.0. The number of hydrogen-bond donors (Lipinski definition) is 2. The fourth-order valence-corrected chi connectivity index (χ4v) is 2.70. The number of nitrogens with one attached hydrogen (secondary N) is 1.